The monoisotopic (exact) mass is 962 g/mol. The van der Waals surface area contributed by atoms with Crippen LogP contribution in [0.2, 0.25) is 0 Å². The second-order valence-electron chi connectivity index (χ2n) is 9.54. The molecule has 328 valence electrons. The first-order valence-electron chi connectivity index (χ1n) is 14.7. The van der Waals surface area contributed by atoms with Gasteiger partial charge in [-0.25, -0.2) is 24.0 Å². The fourth-order valence-electron chi connectivity index (χ4n) is 2.05. The SMILES string of the molecule is C=C(C)C(=O)OCCOP(=O)([O-])OCCOC(=O)C(=C)C.C=C(C)C(=O)OCCOP(=O)([O-])OCCOC(=O)C(=C)C.C=CC(=O)OCCOP(=O)([O-])[O-].[Cu+2].[Cu+2]. The van der Waals surface area contributed by atoms with Crippen molar-refractivity contribution >= 4 is 53.3 Å². The molecule has 0 saturated carbocycles. The van der Waals surface area contributed by atoms with Gasteiger partial charge in [-0.2, -0.15) is 0 Å². The van der Waals surface area contributed by atoms with Crippen molar-refractivity contribution in [2.45, 2.75) is 27.7 Å². The largest absolute Gasteiger partial charge is 2.00 e. The van der Waals surface area contributed by atoms with E-state index in [0.29, 0.717) is 0 Å². The van der Waals surface area contributed by atoms with Crippen LogP contribution in [0.3, 0.4) is 0 Å². The Kier molecular flexibility index (Phi) is 38.5. The Morgan fingerprint density at radius 2 is 0.661 bits per heavy atom. The standard InChI is InChI=1S/2C12H19O8P.C5H9O6P.2Cu/c2*1-9(2)11(13)17-5-7-19-21(15,16)20-8-6-18-12(14)10(3)4;1-2-5(6)10-3-4-11-12(7,8)9;;/h2*1,3,5-8H2,2,4H3,(H,15,16);2H,1,3-4H2,(H2,7,8,9);;/q;;;2*+2/p-4. The van der Waals surface area contributed by atoms with Crippen molar-refractivity contribution in [3.8, 4) is 0 Å². The summed E-state index contributed by atoms with van der Waals surface area (Å²) in [7, 11) is -14.0. The molecule has 0 aromatic rings. The van der Waals surface area contributed by atoms with Gasteiger partial charge in [0.2, 0.25) is 0 Å². The van der Waals surface area contributed by atoms with E-state index >= 15 is 0 Å². The molecule has 0 aromatic carbocycles. The van der Waals surface area contributed by atoms with Crippen LogP contribution in [0.4, 0.5) is 0 Å². The Morgan fingerprint density at radius 1 is 0.446 bits per heavy atom. The molecule has 0 rings (SSSR count). The maximum atomic E-state index is 11.3. The Bertz CT molecular complexity index is 1300. The summed E-state index contributed by atoms with van der Waals surface area (Å²) in [6.45, 7) is 19.0. The number of phosphoric ester groups is 3. The van der Waals surface area contributed by atoms with Gasteiger partial charge in [0, 0.05) is 28.4 Å². The van der Waals surface area contributed by atoms with Crippen molar-refractivity contribution in [1.29, 1.82) is 0 Å². The minimum Gasteiger partial charge on any atom is -0.790 e. The molecule has 0 atom stereocenters. The number of carbonyl (C=O) groups is 5. The van der Waals surface area contributed by atoms with E-state index in [2.05, 4.69) is 79.2 Å². The first-order chi connectivity index (χ1) is 24.8. The maximum absolute atomic E-state index is 11.3. The Hall–Kier alpha value is -2.58. The van der Waals surface area contributed by atoms with Gasteiger partial charge in [-0.15, -0.1) is 0 Å². The van der Waals surface area contributed by atoms with E-state index in [4.69, 9.17) is 0 Å². The van der Waals surface area contributed by atoms with Crippen molar-refractivity contribution in [2.75, 3.05) is 66.1 Å². The van der Waals surface area contributed by atoms with Crippen LogP contribution in [0.1, 0.15) is 27.7 Å². The average molecular weight is 964 g/mol. The molecule has 0 bridgehead atoms. The van der Waals surface area contributed by atoms with E-state index in [9.17, 15) is 57.2 Å². The average Bonchev–Trinajstić information content (AvgIpc) is 3.06. The van der Waals surface area contributed by atoms with Gasteiger partial charge >= 0.3 is 64.0 Å². The molecule has 0 saturated heterocycles. The van der Waals surface area contributed by atoms with Crippen molar-refractivity contribution < 1.29 is 138 Å². The van der Waals surface area contributed by atoms with Gasteiger partial charge in [0.25, 0.3) is 15.6 Å². The van der Waals surface area contributed by atoms with Gasteiger partial charge < -0.3 is 70.4 Å². The van der Waals surface area contributed by atoms with Crippen LogP contribution in [0.5, 0.6) is 0 Å². The van der Waals surface area contributed by atoms with Crippen LogP contribution < -0.4 is 19.6 Å². The minimum atomic E-state index is -4.95. The molecule has 0 spiro atoms. The second kappa shape index (κ2) is 34.5. The number of rotatable bonds is 25. The third-order valence-electron chi connectivity index (χ3n) is 4.40. The van der Waals surface area contributed by atoms with E-state index in [1.807, 2.05) is 0 Å². The van der Waals surface area contributed by atoms with Crippen LogP contribution in [0, 0.1) is 0 Å². The van der Waals surface area contributed by atoms with Gasteiger partial charge in [0.15, 0.2) is 0 Å². The van der Waals surface area contributed by atoms with E-state index in [0.717, 1.165) is 6.08 Å². The third-order valence-corrected chi connectivity index (χ3v) is 6.90. The summed E-state index contributed by atoms with van der Waals surface area (Å²) in [5.41, 5.74) is 0.763. The van der Waals surface area contributed by atoms with Crippen molar-refractivity contribution in [2.24, 2.45) is 0 Å². The zero-order valence-electron chi connectivity index (χ0n) is 30.6. The molecule has 0 unspecified atom stereocenters. The van der Waals surface area contributed by atoms with Crippen LogP contribution in [0.15, 0.2) is 61.3 Å². The molecule has 0 amide bonds. The fourth-order valence-corrected chi connectivity index (χ4v) is 3.69. The van der Waals surface area contributed by atoms with Crippen LogP contribution in [-0.4, -0.2) is 95.9 Å². The summed E-state index contributed by atoms with van der Waals surface area (Å²) in [4.78, 5) is 96.4. The minimum absolute atomic E-state index is 0. The predicted octanol–water partition coefficient (Wildman–Crippen LogP) is 0.00910. The van der Waals surface area contributed by atoms with Crippen LogP contribution >= 0.6 is 23.5 Å². The van der Waals surface area contributed by atoms with E-state index in [1.54, 1.807) is 0 Å². The summed E-state index contributed by atoms with van der Waals surface area (Å²) in [5, 5.41) is 0. The van der Waals surface area contributed by atoms with Gasteiger partial charge in [-0.05, 0) is 27.7 Å². The van der Waals surface area contributed by atoms with E-state index < -0.39 is 59.9 Å². The smallest absolute Gasteiger partial charge is 0.790 e. The molecule has 0 aliphatic rings. The molecule has 0 aliphatic heterocycles. The number of phosphoric acid groups is 3. The first-order valence-corrected chi connectivity index (χ1v) is 19.1. The molecule has 27 heteroatoms. The summed E-state index contributed by atoms with van der Waals surface area (Å²) >= 11 is 0. The van der Waals surface area contributed by atoms with Gasteiger partial charge in [0.05, 0.1) is 40.9 Å². The number of ether oxygens (including phenoxy) is 5. The first kappa shape index (κ1) is 62.6. The van der Waals surface area contributed by atoms with E-state index in [-0.39, 0.29) is 116 Å². The molecular weight excluding hydrogens is 920 g/mol. The summed E-state index contributed by atoms with van der Waals surface area (Å²) in [6, 6.07) is 0. The maximum Gasteiger partial charge on any atom is 2.00 e. The molecule has 0 aliphatic carbocycles. The van der Waals surface area contributed by atoms with E-state index in [1.165, 1.54) is 27.7 Å². The third kappa shape index (κ3) is 42.6. The predicted molar refractivity (Wildman–Crippen MR) is 177 cm³/mol. The summed E-state index contributed by atoms with van der Waals surface area (Å²) < 4.78 is 76.6. The number of hydrogen-bond acceptors (Lipinski definition) is 22. The normalized spacial score (nSPS) is 10.4. The summed E-state index contributed by atoms with van der Waals surface area (Å²) in [5.74, 6) is -3.29. The number of esters is 5. The molecule has 56 heavy (non-hydrogen) atoms. The van der Waals surface area contributed by atoms with Crippen LogP contribution in [0.25, 0.3) is 0 Å². The Morgan fingerprint density at radius 3 is 0.857 bits per heavy atom. The molecular formula is C29H43Cu2O22P3. The number of carbonyl (C=O) groups excluding carboxylic acids is 5. The quantitative estimate of drug-likeness (QED) is 0.0290. The molecule has 0 aromatic heterocycles. The number of hydrogen-bond donors (Lipinski definition) is 0. The molecule has 22 nitrogen and oxygen atoms in total. The van der Waals surface area contributed by atoms with Crippen molar-refractivity contribution in [1.82, 2.24) is 0 Å². The topological polar surface area (TPSA) is 321 Å². The molecule has 0 heterocycles. The van der Waals surface area contributed by atoms with Gasteiger partial charge in [-0.1, -0.05) is 32.9 Å². The molecule has 0 N–H and O–H groups in total. The summed E-state index contributed by atoms with van der Waals surface area (Å²) in [6.07, 6.45) is 0.911. The second-order valence-corrected chi connectivity index (χ2v) is 13.5. The Labute approximate surface area is 344 Å². The molecule has 2 radical (unpaired) electrons. The zero-order chi connectivity index (χ0) is 42.5. The van der Waals surface area contributed by atoms with Crippen molar-refractivity contribution in [3.63, 3.8) is 0 Å². The van der Waals surface area contributed by atoms with Gasteiger partial charge in [0.1, 0.15) is 33.0 Å². The van der Waals surface area contributed by atoms with Crippen molar-refractivity contribution in [3.05, 3.63) is 61.3 Å². The Balaban J connectivity index is -0.000000237. The zero-order valence-corrected chi connectivity index (χ0v) is 35.2. The molecule has 0 fully saturated rings. The fraction of sp³-hybridized carbons (Fsp3) is 0.483. The van der Waals surface area contributed by atoms with Crippen LogP contribution in [-0.2, 0) is 118 Å². The van der Waals surface area contributed by atoms with Gasteiger partial charge in [-0.3, -0.25) is 9.13 Å².